The van der Waals surface area contributed by atoms with Crippen LogP contribution in [0.15, 0.2) is 42.5 Å². The van der Waals surface area contributed by atoms with Gasteiger partial charge >= 0.3 is 0 Å². The van der Waals surface area contributed by atoms with Crippen molar-refractivity contribution in [1.29, 1.82) is 0 Å². The predicted octanol–water partition coefficient (Wildman–Crippen LogP) is 3.50. The number of benzene rings is 1. The Bertz CT molecular complexity index is 269. The van der Waals surface area contributed by atoms with Crippen LogP contribution in [0.4, 0.5) is 4.11 Å². The highest BCUT2D eigenvalue weighted by atomic mass is 28.3. The Morgan fingerprint density at radius 1 is 1.21 bits per heavy atom. The molecule has 0 radical (unpaired) electrons. The molecular weight excluding hydrogens is 191 g/mol. The predicted molar refractivity (Wildman–Crippen MR) is 62.8 cm³/mol. The zero-order valence-electron chi connectivity index (χ0n) is 8.62. The first-order valence-corrected chi connectivity index (χ1v) is 7.23. The summed E-state index contributed by atoms with van der Waals surface area (Å²) in [7, 11) is -1.89. The van der Waals surface area contributed by atoms with Crippen molar-refractivity contribution < 1.29 is 4.11 Å². The summed E-state index contributed by atoms with van der Waals surface area (Å²) < 4.78 is 12.9. The van der Waals surface area contributed by atoms with Gasteiger partial charge in [-0.15, -0.1) is 0 Å². The minimum Gasteiger partial charge on any atom is -0.318 e. The number of allylic oxidation sites excluding steroid dienone is 2. The van der Waals surface area contributed by atoms with Crippen LogP contribution in [-0.4, -0.2) is 9.13 Å². The van der Waals surface area contributed by atoms with E-state index in [1.165, 1.54) is 5.56 Å². The van der Waals surface area contributed by atoms with E-state index in [0.717, 1.165) is 12.5 Å². The van der Waals surface area contributed by atoms with Crippen molar-refractivity contribution in [3.05, 3.63) is 48.0 Å². The first-order chi connectivity index (χ1) is 6.83. The lowest BCUT2D eigenvalue weighted by Crippen LogP contribution is -1.99. The van der Waals surface area contributed by atoms with Crippen LogP contribution in [0.1, 0.15) is 12.5 Å². The quantitative estimate of drug-likeness (QED) is 0.395. The standard InChI is InChI=1S/C12H17FSi/c1-2-14(13)11-7-6-10-12-8-4-3-5-9-12/h3-9,14H,2,10-11H2,1H3. The molecule has 0 nitrogen and oxygen atoms in total. The van der Waals surface area contributed by atoms with Gasteiger partial charge < -0.3 is 4.11 Å². The lowest BCUT2D eigenvalue weighted by atomic mass is 10.1. The van der Waals surface area contributed by atoms with Gasteiger partial charge in [0.15, 0.2) is 0 Å². The Balaban J connectivity index is 2.27. The van der Waals surface area contributed by atoms with Crippen molar-refractivity contribution in [2.75, 3.05) is 0 Å². The fourth-order valence-corrected chi connectivity index (χ4v) is 2.07. The summed E-state index contributed by atoms with van der Waals surface area (Å²) in [5.41, 5.74) is 1.29. The summed E-state index contributed by atoms with van der Waals surface area (Å²) in [5, 5.41) is 0. The van der Waals surface area contributed by atoms with E-state index in [1.807, 2.05) is 31.2 Å². The molecule has 0 aliphatic rings. The fourth-order valence-electron chi connectivity index (χ4n) is 1.24. The molecule has 2 heteroatoms. The second kappa shape index (κ2) is 6.54. The molecule has 0 N–H and O–H groups in total. The van der Waals surface area contributed by atoms with E-state index in [9.17, 15) is 4.11 Å². The van der Waals surface area contributed by atoms with E-state index < -0.39 is 9.13 Å². The van der Waals surface area contributed by atoms with E-state index in [4.69, 9.17) is 0 Å². The summed E-state index contributed by atoms with van der Waals surface area (Å²) in [6, 6.07) is 11.7. The summed E-state index contributed by atoms with van der Waals surface area (Å²) >= 11 is 0. The smallest absolute Gasteiger partial charge is 0.235 e. The molecule has 0 fully saturated rings. The molecule has 0 aliphatic carbocycles. The van der Waals surface area contributed by atoms with Crippen LogP contribution < -0.4 is 0 Å². The van der Waals surface area contributed by atoms with Gasteiger partial charge in [-0.3, -0.25) is 0 Å². The first-order valence-electron chi connectivity index (χ1n) is 5.16. The van der Waals surface area contributed by atoms with E-state index in [1.54, 1.807) is 0 Å². The zero-order valence-corrected chi connectivity index (χ0v) is 9.77. The monoisotopic (exact) mass is 208 g/mol. The number of rotatable bonds is 5. The third-order valence-corrected chi connectivity index (χ3v) is 3.87. The molecule has 1 aromatic carbocycles. The van der Waals surface area contributed by atoms with Crippen molar-refractivity contribution in [2.45, 2.75) is 25.4 Å². The van der Waals surface area contributed by atoms with Crippen LogP contribution in [0.2, 0.25) is 12.1 Å². The molecule has 0 aliphatic heterocycles. The molecule has 1 unspecified atom stereocenters. The SMILES string of the molecule is CC[SiH](F)CC=CCc1ccccc1. The van der Waals surface area contributed by atoms with Crippen LogP contribution in [0.25, 0.3) is 0 Å². The third kappa shape index (κ3) is 4.37. The third-order valence-electron chi connectivity index (χ3n) is 2.20. The number of hydrogen-bond donors (Lipinski definition) is 0. The van der Waals surface area contributed by atoms with Crippen LogP contribution in [0.5, 0.6) is 0 Å². The van der Waals surface area contributed by atoms with E-state index in [0.29, 0.717) is 6.04 Å². The summed E-state index contributed by atoms with van der Waals surface area (Å²) in [6.45, 7) is 1.93. The van der Waals surface area contributed by atoms with Crippen molar-refractivity contribution >= 4 is 9.13 Å². The lowest BCUT2D eigenvalue weighted by molar-refractivity contribution is 0.820. The Morgan fingerprint density at radius 2 is 1.93 bits per heavy atom. The molecule has 1 rings (SSSR count). The van der Waals surface area contributed by atoms with Gasteiger partial charge in [-0.2, -0.15) is 0 Å². The highest BCUT2D eigenvalue weighted by Gasteiger charge is 2.01. The first kappa shape index (κ1) is 11.2. The largest absolute Gasteiger partial charge is 0.318 e. The molecule has 1 aromatic rings. The molecule has 14 heavy (non-hydrogen) atoms. The van der Waals surface area contributed by atoms with Crippen molar-refractivity contribution in [2.24, 2.45) is 0 Å². The van der Waals surface area contributed by atoms with E-state index >= 15 is 0 Å². The molecule has 0 bridgehead atoms. The van der Waals surface area contributed by atoms with Crippen molar-refractivity contribution in [3.63, 3.8) is 0 Å². The molecular formula is C12H17FSi. The van der Waals surface area contributed by atoms with Gasteiger partial charge in [0.25, 0.3) is 0 Å². The van der Waals surface area contributed by atoms with Gasteiger partial charge in [0.05, 0.1) is 0 Å². The highest BCUT2D eigenvalue weighted by molar-refractivity contribution is 6.51. The molecule has 0 heterocycles. The van der Waals surface area contributed by atoms with Crippen LogP contribution in [0.3, 0.4) is 0 Å². The minimum atomic E-state index is -1.89. The maximum Gasteiger partial charge on any atom is 0.235 e. The van der Waals surface area contributed by atoms with Crippen LogP contribution in [0, 0.1) is 0 Å². The topological polar surface area (TPSA) is 0 Å². The molecule has 0 spiro atoms. The second-order valence-electron chi connectivity index (χ2n) is 3.40. The van der Waals surface area contributed by atoms with Gasteiger partial charge in [0, 0.05) is 0 Å². The highest BCUT2D eigenvalue weighted by Crippen LogP contribution is 2.04. The van der Waals surface area contributed by atoms with Gasteiger partial charge in [-0.25, -0.2) is 0 Å². The van der Waals surface area contributed by atoms with Gasteiger partial charge in [0.2, 0.25) is 9.13 Å². The molecule has 1 atom stereocenters. The van der Waals surface area contributed by atoms with Crippen molar-refractivity contribution in [1.82, 2.24) is 0 Å². The van der Waals surface area contributed by atoms with E-state index in [-0.39, 0.29) is 0 Å². The Labute approximate surface area is 87.2 Å². The Kier molecular flexibility index (Phi) is 5.23. The zero-order chi connectivity index (χ0) is 10.2. The number of halogens is 1. The van der Waals surface area contributed by atoms with Crippen LogP contribution >= 0.6 is 0 Å². The van der Waals surface area contributed by atoms with Gasteiger partial charge in [0.1, 0.15) is 0 Å². The summed E-state index contributed by atoms with van der Waals surface area (Å²) in [6.07, 6.45) is 4.99. The van der Waals surface area contributed by atoms with Gasteiger partial charge in [-0.05, 0) is 24.1 Å². The average Bonchev–Trinajstić information content (AvgIpc) is 2.25. The maximum absolute atomic E-state index is 12.9. The van der Waals surface area contributed by atoms with Crippen LogP contribution in [-0.2, 0) is 6.42 Å². The molecule has 0 saturated carbocycles. The number of hydrogen-bond acceptors (Lipinski definition) is 0. The second-order valence-corrected chi connectivity index (χ2v) is 5.88. The fraction of sp³-hybridized carbons (Fsp3) is 0.333. The average molecular weight is 208 g/mol. The summed E-state index contributed by atoms with van der Waals surface area (Å²) in [4.78, 5) is 0. The molecule has 0 amide bonds. The normalized spacial score (nSPS) is 13.3. The molecule has 76 valence electrons. The van der Waals surface area contributed by atoms with E-state index in [2.05, 4.69) is 18.2 Å². The minimum absolute atomic E-state index is 0.684. The summed E-state index contributed by atoms with van der Waals surface area (Å²) in [5.74, 6) is 0. The Morgan fingerprint density at radius 3 is 2.57 bits per heavy atom. The van der Waals surface area contributed by atoms with Crippen molar-refractivity contribution in [3.8, 4) is 0 Å². The lowest BCUT2D eigenvalue weighted by Gasteiger charge is -1.97. The maximum atomic E-state index is 12.9. The van der Waals surface area contributed by atoms with Gasteiger partial charge in [-0.1, -0.05) is 49.4 Å². The Hall–Kier alpha value is -0.893. The molecule has 0 saturated heterocycles. The molecule has 0 aromatic heterocycles.